The Morgan fingerprint density at radius 1 is 1.18 bits per heavy atom. The summed E-state index contributed by atoms with van der Waals surface area (Å²) in [7, 11) is 0. The molecule has 1 radical (unpaired) electrons. The quantitative estimate of drug-likeness (QED) is 0.553. The van der Waals surface area contributed by atoms with Gasteiger partial charge in [0.15, 0.2) is 0 Å². The lowest BCUT2D eigenvalue weighted by Crippen LogP contribution is -1.81. The van der Waals surface area contributed by atoms with Crippen LogP contribution < -0.4 is 0 Å². The first kappa shape index (κ1) is 10.4. The van der Waals surface area contributed by atoms with Crippen molar-refractivity contribution in [3.8, 4) is 0 Å². The van der Waals surface area contributed by atoms with Gasteiger partial charge in [0.05, 0.1) is 6.61 Å². The molecule has 0 spiro atoms. The van der Waals surface area contributed by atoms with Crippen molar-refractivity contribution < 1.29 is 5.11 Å². The maximum atomic E-state index is 10.2. The van der Waals surface area contributed by atoms with Crippen LogP contribution >= 0.6 is 0 Å². The van der Waals surface area contributed by atoms with Crippen molar-refractivity contribution in [2.75, 3.05) is 6.61 Å². The van der Waals surface area contributed by atoms with Gasteiger partial charge in [-0.3, -0.25) is 0 Å². The van der Waals surface area contributed by atoms with Gasteiger partial charge in [-0.1, -0.05) is 23.3 Å². The number of rotatable bonds is 4. The van der Waals surface area contributed by atoms with E-state index < -0.39 is 0 Å². The molecule has 0 saturated carbocycles. The third-order valence-electron chi connectivity index (χ3n) is 1.49. The Labute approximate surface area is 69.4 Å². The van der Waals surface area contributed by atoms with Crippen molar-refractivity contribution >= 4 is 0 Å². The molecule has 0 amide bonds. The SMILES string of the molecule is CC(C)=CCC=C(C)CC[O]. The minimum Gasteiger partial charge on any atom is -0.236 e. The highest BCUT2D eigenvalue weighted by Crippen LogP contribution is 2.02. The van der Waals surface area contributed by atoms with Crippen LogP contribution in [0.2, 0.25) is 0 Å². The second kappa shape index (κ2) is 6.17. The van der Waals surface area contributed by atoms with Crippen LogP contribution in [0.5, 0.6) is 0 Å². The van der Waals surface area contributed by atoms with Gasteiger partial charge in [0.25, 0.3) is 0 Å². The maximum Gasteiger partial charge on any atom is 0.0859 e. The van der Waals surface area contributed by atoms with E-state index in [1.165, 1.54) is 11.1 Å². The van der Waals surface area contributed by atoms with Gasteiger partial charge in [0.1, 0.15) is 0 Å². The van der Waals surface area contributed by atoms with Gasteiger partial charge < -0.3 is 0 Å². The summed E-state index contributed by atoms with van der Waals surface area (Å²) in [6.07, 6.45) is 5.93. The van der Waals surface area contributed by atoms with Gasteiger partial charge in [-0.05, 0) is 33.6 Å². The van der Waals surface area contributed by atoms with Gasteiger partial charge in [-0.2, -0.15) is 0 Å². The van der Waals surface area contributed by atoms with Gasteiger partial charge >= 0.3 is 0 Å². The van der Waals surface area contributed by atoms with E-state index in [1.807, 2.05) is 6.92 Å². The summed E-state index contributed by atoms with van der Waals surface area (Å²) < 4.78 is 0. The second-order valence-electron chi connectivity index (χ2n) is 3.02. The standard InChI is InChI=1S/C10H17O/c1-9(2)5-4-6-10(3)7-8-11/h5-6H,4,7-8H2,1-3H3. The molecule has 0 atom stereocenters. The molecule has 0 N–H and O–H groups in total. The number of hydrogen-bond donors (Lipinski definition) is 0. The summed E-state index contributed by atoms with van der Waals surface area (Å²) in [5, 5.41) is 10.2. The average Bonchev–Trinajstić information content (AvgIpc) is 1.87. The summed E-state index contributed by atoms with van der Waals surface area (Å²) in [5.74, 6) is 0. The molecule has 0 rings (SSSR count). The molecule has 0 heterocycles. The fraction of sp³-hybridized carbons (Fsp3) is 0.600. The molecule has 0 unspecified atom stereocenters. The van der Waals surface area contributed by atoms with Crippen LogP contribution in [0, 0.1) is 0 Å². The monoisotopic (exact) mass is 153 g/mol. The summed E-state index contributed by atoms with van der Waals surface area (Å²) in [4.78, 5) is 0. The summed E-state index contributed by atoms with van der Waals surface area (Å²) in [6, 6.07) is 0. The van der Waals surface area contributed by atoms with Crippen LogP contribution in [0.15, 0.2) is 23.3 Å². The minimum atomic E-state index is 0.0111. The number of hydrogen-bond acceptors (Lipinski definition) is 0. The van der Waals surface area contributed by atoms with Crippen molar-refractivity contribution in [1.29, 1.82) is 0 Å². The minimum absolute atomic E-state index is 0.0111. The second-order valence-corrected chi connectivity index (χ2v) is 3.02. The predicted octanol–water partition coefficient (Wildman–Crippen LogP) is 3.11. The van der Waals surface area contributed by atoms with Crippen molar-refractivity contribution in [3.63, 3.8) is 0 Å². The fourth-order valence-electron chi connectivity index (χ4n) is 0.759. The molecule has 0 aliphatic rings. The molecule has 0 bridgehead atoms. The van der Waals surface area contributed by atoms with E-state index >= 15 is 0 Å². The molecule has 1 nitrogen and oxygen atoms in total. The summed E-state index contributed by atoms with van der Waals surface area (Å²) >= 11 is 0. The summed E-state index contributed by atoms with van der Waals surface area (Å²) in [6.45, 7) is 6.18. The van der Waals surface area contributed by atoms with Crippen LogP contribution in [-0.4, -0.2) is 6.61 Å². The van der Waals surface area contributed by atoms with Crippen LogP contribution in [-0.2, 0) is 5.11 Å². The Bertz CT molecular complexity index is 150. The molecule has 0 aromatic heterocycles. The number of allylic oxidation sites excluding steroid dienone is 3. The van der Waals surface area contributed by atoms with Crippen molar-refractivity contribution in [1.82, 2.24) is 0 Å². The molecular weight excluding hydrogens is 136 g/mol. The Kier molecular flexibility index (Phi) is 5.86. The van der Waals surface area contributed by atoms with Gasteiger partial charge in [-0.25, -0.2) is 5.11 Å². The normalized spacial score (nSPS) is 11.5. The highest BCUT2D eigenvalue weighted by Gasteiger charge is 1.86. The van der Waals surface area contributed by atoms with E-state index in [4.69, 9.17) is 0 Å². The van der Waals surface area contributed by atoms with Crippen LogP contribution in [0.25, 0.3) is 0 Å². The van der Waals surface area contributed by atoms with E-state index in [0.29, 0.717) is 6.42 Å². The lowest BCUT2D eigenvalue weighted by Gasteiger charge is -1.94. The van der Waals surface area contributed by atoms with Gasteiger partial charge in [0.2, 0.25) is 0 Å². The molecule has 0 aromatic rings. The van der Waals surface area contributed by atoms with Crippen molar-refractivity contribution in [2.24, 2.45) is 0 Å². The first-order valence-electron chi connectivity index (χ1n) is 4.04. The van der Waals surface area contributed by atoms with E-state index in [1.54, 1.807) is 0 Å². The zero-order valence-corrected chi connectivity index (χ0v) is 7.68. The molecule has 0 fully saturated rings. The molecule has 0 aromatic carbocycles. The molecular formula is C10H17O. The lowest BCUT2D eigenvalue weighted by molar-refractivity contribution is 0.197. The zero-order chi connectivity index (χ0) is 8.69. The summed E-state index contributed by atoms with van der Waals surface area (Å²) in [5.41, 5.74) is 2.54. The van der Waals surface area contributed by atoms with Crippen molar-refractivity contribution in [2.45, 2.75) is 33.6 Å². The topological polar surface area (TPSA) is 19.9 Å². The third kappa shape index (κ3) is 7.34. The third-order valence-corrected chi connectivity index (χ3v) is 1.49. The van der Waals surface area contributed by atoms with Crippen LogP contribution in [0.1, 0.15) is 33.6 Å². The van der Waals surface area contributed by atoms with Crippen LogP contribution in [0.4, 0.5) is 0 Å². The molecule has 0 saturated heterocycles. The van der Waals surface area contributed by atoms with Gasteiger partial charge in [0, 0.05) is 0 Å². The zero-order valence-electron chi connectivity index (χ0n) is 7.68. The molecule has 11 heavy (non-hydrogen) atoms. The smallest absolute Gasteiger partial charge is 0.0859 e. The lowest BCUT2D eigenvalue weighted by atomic mass is 10.1. The highest BCUT2D eigenvalue weighted by molar-refractivity contribution is 5.04. The molecule has 0 aliphatic heterocycles. The van der Waals surface area contributed by atoms with E-state index in [-0.39, 0.29) is 6.61 Å². The Hall–Kier alpha value is -0.560. The predicted molar refractivity (Wildman–Crippen MR) is 48.0 cm³/mol. The maximum absolute atomic E-state index is 10.2. The fourth-order valence-corrected chi connectivity index (χ4v) is 0.759. The molecule has 0 aliphatic carbocycles. The largest absolute Gasteiger partial charge is 0.236 e. The average molecular weight is 153 g/mol. The van der Waals surface area contributed by atoms with E-state index in [9.17, 15) is 5.11 Å². The first-order chi connectivity index (χ1) is 5.16. The van der Waals surface area contributed by atoms with E-state index in [0.717, 1.165) is 6.42 Å². The first-order valence-corrected chi connectivity index (χ1v) is 4.04. The van der Waals surface area contributed by atoms with E-state index in [2.05, 4.69) is 26.0 Å². The van der Waals surface area contributed by atoms with Crippen LogP contribution in [0.3, 0.4) is 0 Å². The van der Waals surface area contributed by atoms with Crippen molar-refractivity contribution in [3.05, 3.63) is 23.3 Å². The van der Waals surface area contributed by atoms with Gasteiger partial charge in [-0.15, -0.1) is 0 Å². The Balaban J connectivity index is 3.64. The highest BCUT2D eigenvalue weighted by atomic mass is 16.2. The molecule has 1 heteroatoms. The Morgan fingerprint density at radius 2 is 1.82 bits per heavy atom. The Morgan fingerprint density at radius 3 is 2.27 bits per heavy atom. The molecule has 63 valence electrons.